The van der Waals surface area contributed by atoms with Crippen molar-refractivity contribution in [2.45, 2.75) is 26.4 Å². The molecule has 2 aromatic carbocycles. The van der Waals surface area contributed by atoms with Crippen molar-refractivity contribution in [2.75, 3.05) is 7.11 Å². The van der Waals surface area contributed by atoms with Crippen molar-refractivity contribution in [3.63, 3.8) is 0 Å². The third-order valence-electron chi connectivity index (χ3n) is 3.46. The standard InChI is InChI=1S/C17H20BrNO2/c1-11-5-4-6-14(7-11)12(2)19-10-13-8-15(18)17(20)16(9-13)21-3/h4-9,12,19-20H,10H2,1-3H3/t12-/m0/s1. The Morgan fingerprint density at radius 2 is 2.05 bits per heavy atom. The molecule has 2 N–H and O–H groups in total. The van der Waals surface area contributed by atoms with Gasteiger partial charge in [0.15, 0.2) is 11.5 Å². The van der Waals surface area contributed by atoms with Crippen LogP contribution in [0.4, 0.5) is 0 Å². The molecule has 3 nitrogen and oxygen atoms in total. The molecular formula is C17H20BrNO2. The molecule has 0 aliphatic rings. The number of phenols is 1. The zero-order valence-electron chi connectivity index (χ0n) is 12.5. The van der Waals surface area contributed by atoms with Gasteiger partial charge < -0.3 is 15.2 Å². The quantitative estimate of drug-likeness (QED) is 0.844. The molecule has 2 aromatic rings. The molecule has 0 amide bonds. The number of phenolic OH excluding ortho intramolecular Hbond substituents is 1. The van der Waals surface area contributed by atoms with Gasteiger partial charge in [-0.1, -0.05) is 29.8 Å². The summed E-state index contributed by atoms with van der Waals surface area (Å²) in [6.45, 7) is 4.93. The Morgan fingerprint density at radius 3 is 2.71 bits per heavy atom. The van der Waals surface area contributed by atoms with E-state index >= 15 is 0 Å². The monoisotopic (exact) mass is 349 g/mol. The maximum atomic E-state index is 9.82. The molecule has 0 spiro atoms. The summed E-state index contributed by atoms with van der Waals surface area (Å²) in [6, 6.07) is 12.5. The van der Waals surface area contributed by atoms with Gasteiger partial charge in [0, 0.05) is 12.6 Å². The van der Waals surface area contributed by atoms with Crippen molar-refractivity contribution in [3.05, 3.63) is 57.6 Å². The molecule has 0 fully saturated rings. The molecular weight excluding hydrogens is 330 g/mol. The minimum atomic E-state index is 0.132. The number of aromatic hydroxyl groups is 1. The minimum absolute atomic E-state index is 0.132. The van der Waals surface area contributed by atoms with Gasteiger partial charge in [-0.05, 0) is 53.0 Å². The first-order valence-electron chi connectivity index (χ1n) is 6.86. The lowest BCUT2D eigenvalue weighted by molar-refractivity contribution is 0.371. The van der Waals surface area contributed by atoms with Crippen LogP contribution in [0.2, 0.25) is 0 Å². The second-order valence-electron chi connectivity index (χ2n) is 5.15. The molecule has 0 saturated heterocycles. The van der Waals surface area contributed by atoms with Crippen LogP contribution in [0.15, 0.2) is 40.9 Å². The van der Waals surface area contributed by atoms with Gasteiger partial charge in [-0.2, -0.15) is 0 Å². The van der Waals surface area contributed by atoms with Crippen molar-refractivity contribution < 1.29 is 9.84 Å². The van der Waals surface area contributed by atoms with Crippen molar-refractivity contribution in [1.82, 2.24) is 5.32 Å². The van der Waals surface area contributed by atoms with Crippen LogP contribution in [0.3, 0.4) is 0 Å². The highest BCUT2D eigenvalue weighted by Gasteiger charge is 2.10. The molecule has 21 heavy (non-hydrogen) atoms. The first-order valence-corrected chi connectivity index (χ1v) is 7.66. The van der Waals surface area contributed by atoms with Crippen LogP contribution in [-0.4, -0.2) is 12.2 Å². The third-order valence-corrected chi connectivity index (χ3v) is 4.07. The largest absolute Gasteiger partial charge is 0.503 e. The van der Waals surface area contributed by atoms with E-state index in [1.54, 1.807) is 7.11 Å². The van der Waals surface area contributed by atoms with E-state index in [1.807, 2.05) is 12.1 Å². The fraction of sp³-hybridized carbons (Fsp3) is 0.294. The predicted octanol–water partition coefficient (Wildman–Crippen LogP) is 4.32. The van der Waals surface area contributed by atoms with Gasteiger partial charge in [-0.25, -0.2) is 0 Å². The first kappa shape index (κ1) is 15.9. The van der Waals surface area contributed by atoms with E-state index in [-0.39, 0.29) is 11.8 Å². The number of hydrogen-bond donors (Lipinski definition) is 2. The molecule has 0 heterocycles. The topological polar surface area (TPSA) is 41.5 Å². The summed E-state index contributed by atoms with van der Waals surface area (Å²) in [4.78, 5) is 0. The molecule has 0 bridgehead atoms. The lowest BCUT2D eigenvalue weighted by atomic mass is 10.1. The van der Waals surface area contributed by atoms with Crippen LogP contribution < -0.4 is 10.1 Å². The van der Waals surface area contributed by atoms with E-state index < -0.39 is 0 Å². The van der Waals surface area contributed by atoms with Crippen molar-refractivity contribution in [3.8, 4) is 11.5 Å². The number of halogens is 1. The molecule has 0 radical (unpaired) electrons. The molecule has 0 aromatic heterocycles. The van der Waals surface area contributed by atoms with Gasteiger partial charge >= 0.3 is 0 Å². The molecule has 112 valence electrons. The van der Waals surface area contributed by atoms with E-state index in [1.165, 1.54) is 11.1 Å². The Bertz CT molecular complexity index is 628. The molecule has 0 aliphatic carbocycles. The Balaban J connectivity index is 2.08. The van der Waals surface area contributed by atoms with Crippen LogP contribution >= 0.6 is 15.9 Å². The number of hydrogen-bond acceptors (Lipinski definition) is 3. The lowest BCUT2D eigenvalue weighted by Gasteiger charge is -2.16. The summed E-state index contributed by atoms with van der Waals surface area (Å²) in [7, 11) is 1.55. The first-order chi connectivity index (χ1) is 10.0. The maximum absolute atomic E-state index is 9.82. The van der Waals surface area contributed by atoms with Crippen LogP contribution in [0.5, 0.6) is 11.5 Å². The van der Waals surface area contributed by atoms with Gasteiger partial charge in [0.1, 0.15) is 0 Å². The van der Waals surface area contributed by atoms with Crippen molar-refractivity contribution in [1.29, 1.82) is 0 Å². The minimum Gasteiger partial charge on any atom is -0.503 e. The maximum Gasteiger partial charge on any atom is 0.172 e. The second kappa shape index (κ2) is 6.96. The molecule has 0 saturated carbocycles. The fourth-order valence-corrected chi connectivity index (χ4v) is 2.70. The van der Waals surface area contributed by atoms with E-state index in [0.29, 0.717) is 16.8 Å². The van der Waals surface area contributed by atoms with Crippen LogP contribution in [0.25, 0.3) is 0 Å². The number of rotatable bonds is 5. The summed E-state index contributed by atoms with van der Waals surface area (Å²) in [5.74, 6) is 0.609. The molecule has 0 unspecified atom stereocenters. The molecule has 4 heteroatoms. The van der Waals surface area contributed by atoms with Gasteiger partial charge in [0.05, 0.1) is 11.6 Å². The normalized spacial score (nSPS) is 12.2. The van der Waals surface area contributed by atoms with Gasteiger partial charge in [0.25, 0.3) is 0 Å². The summed E-state index contributed by atoms with van der Waals surface area (Å²) in [5, 5.41) is 13.3. The van der Waals surface area contributed by atoms with Gasteiger partial charge in [0.2, 0.25) is 0 Å². The Morgan fingerprint density at radius 1 is 1.29 bits per heavy atom. The van der Waals surface area contributed by atoms with Gasteiger partial charge in [-0.15, -0.1) is 0 Å². The number of methoxy groups -OCH3 is 1. The summed E-state index contributed by atoms with van der Waals surface area (Å²) >= 11 is 3.34. The van der Waals surface area contributed by atoms with E-state index in [4.69, 9.17) is 4.74 Å². The van der Waals surface area contributed by atoms with E-state index in [2.05, 4.69) is 59.4 Å². The lowest BCUT2D eigenvalue weighted by Crippen LogP contribution is -2.18. The summed E-state index contributed by atoms with van der Waals surface area (Å²) in [6.07, 6.45) is 0. The average molecular weight is 350 g/mol. The Hall–Kier alpha value is -1.52. The number of benzene rings is 2. The van der Waals surface area contributed by atoms with E-state index in [0.717, 1.165) is 5.56 Å². The average Bonchev–Trinajstić information content (AvgIpc) is 2.48. The molecule has 0 aliphatic heterocycles. The third kappa shape index (κ3) is 3.99. The highest BCUT2D eigenvalue weighted by atomic mass is 79.9. The van der Waals surface area contributed by atoms with Crippen LogP contribution in [0, 0.1) is 6.92 Å². The summed E-state index contributed by atoms with van der Waals surface area (Å²) in [5.41, 5.74) is 3.58. The Labute approximate surface area is 134 Å². The molecule has 2 rings (SSSR count). The van der Waals surface area contributed by atoms with Gasteiger partial charge in [-0.3, -0.25) is 0 Å². The zero-order valence-corrected chi connectivity index (χ0v) is 14.1. The fourth-order valence-electron chi connectivity index (χ4n) is 2.21. The van der Waals surface area contributed by atoms with Crippen molar-refractivity contribution >= 4 is 15.9 Å². The number of aryl methyl sites for hydroxylation is 1. The zero-order chi connectivity index (χ0) is 15.4. The SMILES string of the molecule is COc1cc(CN[C@@H](C)c2cccc(C)c2)cc(Br)c1O. The van der Waals surface area contributed by atoms with Crippen LogP contribution in [0.1, 0.15) is 29.7 Å². The second-order valence-corrected chi connectivity index (χ2v) is 6.00. The predicted molar refractivity (Wildman–Crippen MR) is 88.8 cm³/mol. The Kier molecular flexibility index (Phi) is 5.26. The smallest absolute Gasteiger partial charge is 0.172 e. The highest BCUT2D eigenvalue weighted by molar-refractivity contribution is 9.10. The van der Waals surface area contributed by atoms with Crippen LogP contribution in [-0.2, 0) is 6.54 Å². The summed E-state index contributed by atoms with van der Waals surface area (Å²) < 4.78 is 5.81. The van der Waals surface area contributed by atoms with E-state index in [9.17, 15) is 5.11 Å². The van der Waals surface area contributed by atoms with Crippen molar-refractivity contribution in [2.24, 2.45) is 0 Å². The number of nitrogens with one attached hydrogen (secondary N) is 1. The molecule has 1 atom stereocenters. The highest BCUT2D eigenvalue weighted by Crippen LogP contribution is 2.35. The number of ether oxygens (including phenoxy) is 1.